The van der Waals surface area contributed by atoms with E-state index in [0.29, 0.717) is 12.3 Å². The van der Waals surface area contributed by atoms with Crippen LogP contribution in [0.5, 0.6) is 0 Å². The van der Waals surface area contributed by atoms with Gasteiger partial charge in [-0.25, -0.2) is 14.8 Å². The molecule has 0 saturated carbocycles. The largest absolute Gasteiger partial charge is 0.461 e. The Labute approximate surface area is 121 Å². The molecule has 108 valence electrons. The first-order chi connectivity index (χ1) is 9.61. The molecule has 7 heteroatoms. The molecule has 2 aromatic rings. The molecule has 2 rings (SSSR count). The number of hydrogen-bond donors (Lipinski definition) is 1. The van der Waals surface area contributed by atoms with E-state index in [1.54, 1.807) is 13.1 Å². The van der Waals surface area contributed by atoms with Gasteiger partial charge in [-0.3, -0.25) is 0 Å². The molecule has 20 heavy (non-hydrogen) atoms. The Morgan fingerprint density at radius 1 is 1.55 bits per heavy atom. The number of aromatic nitrogens is 3. The van der Waals surface area contributed by atoms with E-state index in [1.165, 1.54) is 11.3 Å². The molecule has 0 bridgehead atoms. The average molecular weight is 294 g/mol. The molecule has 0 radical (unpaired) electrons. The van der Waals surface area contributed by atoms with E-state index in [1.807, 2.05) is 24.7 Å². The lowest BCUT2D eigenvalue weighted by Gasteiger charge is -2.02. The van der Waals surface area contributed by atoms with Crippen LogP contribution in [0.15, 0.2) is 12.4 Å². The minimum atomic E-state index is -0.363. The quantitative estimate of drug-likeness (QED) is 0.825. The van der Waals surface area contributed by atoms with Crippen molar-refractivity contribution in [2.45, 2.75) is 20.3 Å². The van der Waals surface area contributed by atoms with Crippen molar-refractivity contribution in [3.05, 3.63) is 28.8 Å². The lowest BCUT2D eigenvalue weighted by Crippen LogP contribution is -2.09. The van der Waals surface area contributed by atoms with E-state index >= 15 is 0 Å². The number of carbonyl (C=O) groups is 1. The number of rotatable bonds is 6. The first-order valence-electron chi connectivity index (χ1n) is 6.46. The predicted octanol–water partition coefficient (Wildman–Crippen LogP) is 2.02. The maximum absolute atomic E-state index is 11.7. The number of hydrogen-bond acceptors (Lipinski definition) is 6. The van der Waals surface area contributed by atoms with Gasteiger partial charge in [0, 0.05) is 37.3 Å². The molecule has 0 saturated heterocycles. The lowest BCUT2D eigenvalue weighted by molar-refractivity contribution is 0.0519. The van der Waals surface area contributed by atoms with Gasteiger partial charge in [-0.05, 0) is 13.8 Å². The molecule has 1 N–H and O–H groups in total. The van der Waals surface area contributed by atoms with E-state index in [2.05, 4.69) is 15.3 Å². The third-order valence-electron chi connectivity index (χ3n) is 2.81. The molecule has 0 aliphatic carbocycles. The summed E-state index contributed by atoms with van der Waals surface area (Å²) in [5.74, 6) is 0.648. The van der Waals surface area contributed by atoms with Crippen LogP contribution in [0.1, 0.15) is 28.1 Å². The van der Waals surface area contributed by atoms with Gasteiger partial charge in [0.1, 0.15) is 5.82 Å². The van der Waals surface area contributed by atoms with Gasteiger partial charge in [0.2, 0.25) is 0 Å². The molecule has 0 fully saturated rings. The Morgan fingerprint density at radius 2 is 2.35 bits per heavy atom. The average Bonchev–Trinajstić information content (AvgIpc) is 2.97. The molecule has 2 aromatic heterocycles. The van der Waals surface area contributed by atoms with E-state index in [0.717, 1.165) is 28.8 Å². The SMILES string of the molecule is CCOC(=O)c1nc(NCCc2nccn2C)sc1C. The number of esters is 1. The minimum Gasteiger partial charge on any atom is -0.461 e. The smallest absolute Gasteiger partial charge is 0.358 e. The summed E-state index contributed by atoms with van der Waals surface area (Å²) in [6, 6.07) is 0. The fraction of sp³-hybridized carbons (Fsp3) is 0.462. The maximum atomic E-state index is 11.7. The van der Waals surface area contributed by atoms with E-state index < -0.39 is 0 Å². The summed E-state index contributed by atoms with van der Waals surface area (Å²) in [6.07, 6.45) is 4.50. The summed E-state index contributed by atoms with van der Waals surface area (Å²) in [5, 5.41) is 3.95. The Balaban J connectivity index is 1.92. The minimum absolute atomic E-state index is 0.359. The summed E-state index contributed by atoms with van der Waals surface area (Å²) in [4.78, 5) is 21.1. The molecule has 2 heterocycles. The number of thiazole rings is 1. The van der Waals surface area contributed by atoms with Crippen LogP contribution in [0, 0.1) is 6.92 Å². The van der Waals surface area contributed by atoms with Gasteiger partial charge in [0.25, 0.3) is 0 Å². The van der Waals surface area contributed by atoms with Crippen molar-refractivity contribution in [2.75, 3.05) is 18.5 Å². The van der Waals surface area contributed by atoms with Gasteiger partial charge in [0.15, 0.2) is 10.8 Å². The lowest BCUT2D eigenvalue weighted by atomic mass is 10.4. The number of ether oxygens (including phenoxy) is 1. The van der Waals surface area contributed by atoms with Gasteiger partial charge >= 0.3 is 5.97 Å². The Kier molecular flexibility index (Phi) is 4.73. The van der Waals surface area contributed by atoms with Crippen LogP contribution in [0.3, 0.4) is 0 Å². The van der Waals surface area contributed by atoms with Crippen LogP contribution < -0.4 is 5.32 Å². The van der Waals surface area contributed by atoms with Crippen LogP contribution in [0.2, 0.25) is 0 Å². The van der Waals surface area contributed by atoms with Crippen molar-refractivity contribution < 1.29 is 9.53 Å². The highest BCUT2D eigenvalue weighted by molar-refractivity contribution is 7.15. The van der Waals surface area contributed by atoms with Gasteiger partial charge in [0.05, 0.1) is 6.61 Å². The molecule has 0 aliphatic heterocycles. The Hall–Kier alpha value is -1.89. The normalized spacial score (nSPS) is 10.6. The number of aryl methyl sites for hydroxylation is 2. The summed E-state index contributed by atoms with van der Waals surface area (Å²) >= 11 is 1.46. The molecular formula is C13H18N4O2S. The highest BCUT2D eigenvalue weighted by Gasteiger charge is 2.16. The first kappa shape index (κ1) is 14.5. The van der Waals surface area contributed by atoms with Crippen LogP contribution in [0.25, 0.3) is 0 Å². The topological polar surface area (TPSA) is 69.0 Å². The number of carbonyl (C=O) groups excluding carboxylic acids is 1. The van der Waals surface area contributed by atoms with Crippen molar-refractivity contribution in [1.29, 1.82) is 0 Å². The zero-order chi connectivity index (χ0) is 14.5. The van der Waals surface area contributed by atoms with E-state index in [4.69, 9.17) is 4.74 Å². The molecule has 0 aliphatic rings. The van der Waals surface area contributed by atoms with E-state index in [-0.39, 0.29) is 5.97 Å². The molecular weight excluding hydrogens is 276 g/mol. The first-order valence-corrected chi connectivity index (χ1v) is 7.28. The van der Waals surface area contributed by atoms with Crippen LogP contribution in [0.4, 0.5) is 5.13 Å². The second-order valence-corrected chi connectivity index (χ2v) is 5.48. The molecule has 0 aromatic carbocycles. The highest BCUT2D eigenvalue weighted by atomic mass is 32.1. The van der Waals surface area contributed by atoms with Crippen LogP contribution in [-0.2, 0) is 18.2 Å². The van der Waals surface area contributed by atoms with Crippen LogP contribution in [-0.4, -0.2) is 33.7 Å². The number of nitrogens with one attached hydrogen (secondary N) is 1. The number of anilines is 1. The Bertz CT molecular complexity index is 591. The van der Waals surface area contributed by atoms with Crippen molar-refractivity contribution in [1.82, 2.24) is 14.5 Å². The van der Waals surface area contributed by atoms with Gasteiger partial charge in [-0.2, -0.15) is 0 Å². The zero-order valence-electron chi connectivity index (χ0n) is 11.8. The molecule has 0 unspecified atom stereocenters. The fourth-order valence-electron chi connectivity index (χ4n) is 1.78. The van der Waals surface area contributed by atoms with Crippen molar-refractivity contribution >= 4 is 22.4 Å². The standard InChI is InChI=1S/C13H18N4O2S/c1-4-19-12(18)11-9(2)20-13(16-11)15-6-5-10-14-7-8-17(10)3/h7-8H,4-6H2,1-3H3,(H,15,16). The van der Waals surface area contributed by atoms with Gasteiger partial charge < -0.3 is 14.6 Å². The molecule has 6 nitrogen and oxygen atoms in total. The fourth-order valence-corrected chi connectivity index (χ4v) is 2.61. The monoisotopic (exact) mass is 294 g/mol. The Morgan fingerprint density at radius 3 is 3.00 bits per heavy atom. The molecule has 0 amide bonds. The van der Waals surface area contributed by atoms with Gasteiger partial charge in [-0.15, -0.1) is 11.3 Å². The van der Waals surface area contributed by atoms with Gasteiger partial charge in [-0.1, -0.05) is 0 Å². The molecule has 0 atom stereocenters. The molecule has 0 spiro atoms. The van der Waals surface area contributed by atoms with Crippen LogP contribution >= 0.6 is 11.3 Å². The number of nitrogens with zero attached hydrogens (tertiary/aromatic N) is 3. The van der Waals surface area contributed by atoms with Crippen molar-refractivity contribution in [3.63, 3.8) is 0 Å². The second kappa shape index (κ2) is 6.51. The predicted molar refractivity (Wildman–Crippen MR) is 78.2 cm³/mol. The second-order valence-electron chi connectivity index (χ2n) is 4.28. The maximum Gasteiger partial charge on any atom is 0.358 e. The third-order valence-corrected chi connectivity index (χ3v) is 3.74. The van der Waals surface area contributed by atoms with Crippen molar-refractivity contribution in [2.24, 2.45) is 7.05 Å². The van der Waals surface area contributed by atoms with E-state index in [9.17, 15) is 4.79 Å². The summed E-state index contributed by atoms with van der Waals surface area (Å²) < 4.78 is 6.95. The highest BCUT2D eigenvalue weighted by Crippen LogP contribution is 2.22. The van der Waals surface area contributed by atoms with Crippen molar-refractivity contribution in [3.8, 4) is 0 Å². The zero-order valence-corrected chi connectivity index (χ0v) is 12.7. The third kappa shape index (κ3) is 3.36. The summed E-state index contributed by atoms with van der Waals surface area (Å²) in [5.41, 5.74) is 0.399. The summed E-state index contributed by atoms with van der Waals surface area (Å²) in [6.45, 7) is 4.73. The number of imidazole rings is 1. The summed E-state index contributed by atoms with van der Waals surface area (Å²) in [7, 11) is 1.97.